The number of benzene rings is 4. The summed E-state index contributed by atoms with van der Waals surface area (Å²) in [5.74, 6) is 2.44. The van der Waals surface area contributed by atoms with Gasteiger partial charge < -0.3 is 4.42 Å². The third-order valence-electron chi connectivity index (χ3n) is 12.8. The highest BCUT2D eigenvalue weighted by Gasteiger charge is 2.38. The largest absolute Gasteiger partial charge is 0.465 e. The van der Waals surface area contributed by atoms with Crippen molar-refractivity contribution in [1.82, 2.24) is 0 Å². The molecular weight excluding hydrogens is 737 g/mol. The van der Waals surface area contributed by atoms with E-state index in [0.29, 0.717) is 5.92 Å². The summed E-state index contributed by atoms with van der Waals surface area (Å²) in [4.78, 5) is 0. The summed E-state index contributed by atoms with van der Waals surface area (Å²) in [6, 6.07) is 25.0. The molecule has 0 aliphatic heterocycles. The molecule has 1 nitrogen and oxygen atoms in total. The van der Waals surface area contributed by atoms with Crippen LogP contribution < -0.4 is 0 Å². The van der Waals surface area contributed by atoms with Gasteiger partial charge in [0.05, 0.1) is 0 Å². The molecule has 1 unspecified atom stereocenters. The van der Waals surface area contributed by atoms with Gasteiger partial charge in [0.15, 0.2) is 0 Å². The van der Waals surface area contributed by atoms with Gasteiger partial charge >= 0.3 is 0 Å². The zero-order valence-corrected chi connectivity index (χ0v) is 38.6. The predicted octanol–water partition coefficient (Wildman–Crippen LogP) is 17.2. The van der Waals surface area contributed by atoms with Crippen LogP contribution in [0.1, 0.15) is 127 Å². The van der Waals surface area contributed by atoms with Crippen LogP contribution in [0.15, 0.2) is 139 Å². The minimum absolute atomic E-state index is 0.187. The van der Waals surface area contributed by atoms with Gasteiger partial charge in [-0.25, -0.2) is 0 Å². The molecular formula is C60H66O. The van der Waals surface area contributed by atoms with E-state index in [1.165, 1.54) is 89.0 Å². The van der Waals surface area contributed by atoms with Crippen molar-refractivity contribution in [1.29, 1.82) is 0 Å². The molecule has 7 rings (SSSR count). The Balaban J connectivity index is 0.000000613. The van der Waals surface area contributed by atoms with Crippen LogP contribution in [0, 0.1) is 33.6 Å². The molecule has 1 atom stereocenters. The number of allylic oxidation sites excluding steroid dienone is 10. The first kappa shape index (κ1) is 44.6. The SMILES string of the molecule is C=C/C=C\c1c(C)oc2c1C(C(C)Cc1ccc3c(c1)C(C)(C)c1cc(-c4cccc(/C(C=C(C)CC)=C/C=C\C)c4)c(C=C)c(C=C)c1-3)=CCC2.Cc1ccc(C)c(C)c1. The molecule has 2 aliphatic carbocycles. The van der Waals surface area contributed by atoms with E-state index in [1.807, 2.05) is 24.3 Å². The average Bonchev–Trinajstić information content (AvgIpc) is 3.70. The molecule has 5 aromatic rings. The Morgan fingerprint density at radius 2 is 1.59 bits per heavy atom. The lowest BCUT2D eigenvalue weighted by Gasteiger charge is -2.25. The highest BCUT2D eigenvalue weighted by atomic mass is 16.3. The summed E-state index contributed by atoms with van der Waals surface area (Å²) in [6.45, 7) is 34.6. The van der Waals surface area contributed by atoms with E-state index in [2.05, 4.69) is 192 Å². The molecule has 1 heteroatoms. The van der Waals surface area contributed by atoms with Gasteiger partial charge in [-0.15, -0.1) is 0 Å². The van der Waals surface area contributed by atoms with Crippen LogP contribution in [0.3, 0.4) is 0 Å². The maximum atomic E-state index is 6.27. The lowest BCUT2D eigenvalue weighted by atomic mass is 9.78. The topological polar surface area (TPSA) is 13.1 Å². The Morgan fingerprint density at radius 3 is 2.26 bits per heavy atom. The van der Waals surface area contributed by atoms with Crippen LogP contribution in [0.25, 0.3) is 51.6 Å². The quantitative estimate of drug-likeness (QED) is 0.115. The fourth-order valence-corrected chi connectivity index (χ4v) is 9.17. The smallest absolute Gasteiger partial charge is 0.112 e. The molecule has 0 spiro atoms. The Hall–Kier alpha value is -5.92. The Kier molecular flexibility index (Phi) is 14.0. The molecule has 0 saturated heterocycles. The van der Waals surface area contributed by atoms with Gasteiger partial charge in [-0.3, -0.25) is 0 Å². The van der Waals surface area contributed by atoms with E-state index in [-0.39, 0.29) is 5.41 Å². The molecule has 0 bridgehead atoms. The minimum Gasteiger partial charge on any atom is -0.465 e. The Bertz CT molecular complexity index is 2630. The second-order valence-corrected chi connectivity index (χ2v) is 17.5. The number of hydrogen-bond acceptors (Lipinski definition) is 1. The summed E-state index contributed by atoms with van der Waals surface area (Å²) in [5.41, 5.74) is 22.9. The first-order chi connectivity index (χ1) is 29.3. The number of rotatable bonds is 12. The summed E-state index contributed by atoms with van der Waals surface area (Å²) < 4.78 is 6.27. The van der Waals surface area contributed by atoms with Gasteiger partial charge in [-0.05, 0) is 157 Å². The van der Waals surface area contributed by atoms with Crippen LogP contribution in [0.5, 0.6) is 0 Å². The number of fused-ring (bicyclic) bond motifs is 4. The molecule has 1 aromatic heterocycles. The van der Waals surface area contributed by atoms with E-state index < -0.39 is 0 Å². The van der Waals surface area contributed by atoms with Crippen molar-refractivity contribution in [3.63, 3.8) is 0 Å². The maximum absolute atomic E-state index is 6.27. The second-order valence-electron chi connectivity index (χ2n) is 17.5. The minimum atomic E-state index is -0.187. The summed E-state index contributed by atoms with van der Waals surface area (Å²) in [5, 5.41) is 0. The van der Waals surface area contributed by atoms with Gasteiger partial charge in [0.2, 0.25) is 0 Å². The van der Waals surface area contributed by atoms with E-state index in [0.717, 1.165) is 48.3 Å². The Morgan fingerprint density at radius 1 is 0.820 bits per heavy atom. The molecule has 0 radical (unpaired) electrons. The number of furan rings is 1. The molecule has 61 heavy (non-hydrogen) atoms. The molecule has 4 aromatic carbocycles. The summed E-state index contributed by atoms with van der Waals surface area (Å²) >= 11 is 0. The zero-order valence-electron chi connectivity index (χ0n) is 38.6. The fraction of sp³-hybridized carbons (Fsp3) is 0.267. The van der Waals surface area contributed by atoms with Crippen molar-refractivity contribution in [2.24, 2.45) is 5.92 Å². The van der Waals surface area contributed by atoms with E-state index in [4.69, 9.17) is 4.42 Å². The van der Waals surface area contributed by atoms with E-state index in [1.54, 1.807) is 0 Å². The van der Waals surface area contributed by atoms with Gasteiger partial charge in [0.25, 0.3) is 0 Å². The second kappa shape index (κ2) is 19.2. The lowest BCUT2D eigenvalue weighted by Crippen LogP contribution is -2.16. The van der Waals surface area contributed by atoms with Crippen molar-refractivity contribution >= 4 is 29.4 Å². The van der Waals surface area contributed by atoms with Crippen LogP contribution in [-0.2, 0) is 18.3 Å². The molecule has 0 fully saturated rings. The van der Waals surface area contributed by atoms with Gasteiger partial charge in [-0.2, -0.15) is 0 Å². The summed E-state index contributed by atoms with van der Waals surface area (Å²) in [7, 11) is 0. The highest BCUT2D eigenvalue weighted by Crippen LogP contribution is 2.53. The van der Waals surface area contributed by atoms with Crippen LogP contribution in [-0.4, -0.2) is 0 Å². The van der Waals surface area contributed by atoms with Crippen molar-refractivity contribution in [2.75, 3.05) is 0 Å². The van der Waals surface area contributed by atoms with Crippen molar-refractivity contribution in [3.8, 4) is 22.3 Å². The zero-order chi connectivity index (χ0) is 44.0. The lowest BCUT2D eigenvalue weighted by molar-refractivity contribution is 0.479. The van der Waals surface area contributed by atoms with Crippen LogP contribution in [0.4, 0.5) is 0 Å². The third kappa shape index (κ3) is 9.23. The third-order valence-corrected chi connectivity index (χ3v) is 12.8. The van der Waals surface area contributed by atoms with Gasteiger partial charge in [-0.1, -0.05) is 174 Å². The van der Waals surface area contributed by atoms with Crippen LogP contribution >= 0.6 is 0 Å². The normalized spacial score (nSPS) is 14.8. The van der Waals surface area contributed by atoms with E-state index >= 15 is 0 Å². The number of aryl methyl sites for hydroxylation is 5. The summed E-state index contributed by atoms with van der Waals surface area (Å²) in [6.07, 6.45) is 25.1. The standard InChI is InChI=1S/C51H54O.C9H12/c1-11-16-20-37(28-33(6)13-3)38-21-18-22-39(31-38)45-32-47-49(41(15-5)40(45)14-4)44-27-26-36(30-46(44)51(47,9)10)29-34(7)42-24-19-25-48-50(42)43(23-17-12-2)35(8)52-48;1-7-4-5-8(2)9(3)6-7/h11-12,14-18,20-24,26-28,30-32,34H,2,4-5,13,19,25,29H2,1,3,6-10H3;4-6H,1-3H3/b16-11-,23-17-,33-28?,37-20+;. The van der Waals surface area contributed by atoms with E-state index in [9.17, 15) is 0 Å². The first-order valence-corrected chi connectivity index (χ1v) is 22.1. The monoisotopic (exact) mass is 803 g/mol. The molecule has 0 amide bonds. The van der Waals surface area contributed by atoms with Crippen molar-refractivity contribution < 1.29 is 4.42 Å². The Labute approximate surface area is 368 Å². The molecule has 1 heterocycles. The maximum Gasteiger partial charge on any atom is 0.112 e. The average molecular weight is 803 g/mol. The van der Waals surface area contributed by atoms with Crippen molar-refractivity contribution in [2.45, 2.75) is 100 Å². The van der Waals surface area contributed by atoms with Gasteiger partial charge in [0.1, 0.15) is 11.5 Å². The fourth-order valence-electron chi connectivity index (χ4n) is 9.17. The first-order valence-electron chi connectivity index (χ1n) is 22.1. The predicted molar refractivity (Wildman–Crippen MR) is 269 cm³/mol. The van der Waals surface area contributed by atoms with Crippen LogP contribution in [0.2, 0.25) is 0 Å². The van der Waals surface area contributed by atoms with Gasteiger partial charge in [0, 0.05) is 23.0 Å². The molecule has 0 N–H and O–H groups in total. The molecule has 312 valence electrons. The van der Waals surface area contributed by atoms with Crippen molar-refractivity contribution in [3.05, 3.63) is 207 Å². The molecule has 0 saturated carbocycles. The number of hydrogen-bond donors (Lipinski definition) is 0. The highest BCUT2D eigenvalue weighted by molar-refractivity contribution is 5.95. The molecule has 2 aliphatic rings.